The van der Waals surface area contributed by atoms with Gasteiger partial charge in [0.25, 0.3) is 0 Å². The fourth-order valence-electron chi connectivity index (χ4n) is 2.58. The molecule has 25 heavy (non-hydrogen) atoms. The molecule has 0 heterocycles. The number of rotatable bonds is 12. The van der Waals surface area contributed by atoms with Gasteiger partial charge in [0, 0.05) is 6.04 Å². The molecule has 0 aromatic heterocycles. The van der Waals surface area contributed by atoms with Crippen molar-refractivity contribution in [1.82, 2.24) is 4.72 Å². The topological polar surface area (TPSA) is 81.4 Å². The average molecular weight is 373 g/mol. The number of sulfonamides is 1. The van der Waals surface area contributed by atoms with Crippen LogP contribution in [0.1, 0.15) is 57.1 Å². The van der Waals surface area contributed by atoms with Gasteiger partial charge in [-0.05, 0) is 62.8 Å². The van der Waals surface area contributed by atoms with E-state index >= 15 is 0 Å². The van der Waals surface area contributed by atoms with Crippen LogP contribution in [0.2, 0.25) is 0 Å². The van der Waals surface area contributed by atoms with Crippen molar-refractivity contribution in [2.45, 2.75) is 51.5 Å². The van der Waals surface area contributed by atoms with Crippen LogP contribution in [0.25, 0.3) is 0 Å². The van der Waals surface area contributed by atoms with Crippen LogP contribution in [0, 0.1) is 11.7 Å². The van der Waals surface area contributed by atoms with E-state index < -0.39 is 21.9 Å². The van der Waals surface area contributed by atoms with Crippen molar-refractivity contribution in [2.75, 3.05) is 18.9 Å². The molecule has 1 aliphatic rings. The minimum atomic E-state index is -3.37. The van der Waals surface area contributed by atoms with Gasteiger partial charge in [-0.1, -0.05) is 18.9 Å². The van der Waals surface area contributed by atoms with Crippen LogP contribution in [0.15, 0.2) is 18.2 Å². The van der Waals surface area contributed by atoms with Crippen LogP contribution in [-0.2, 0) is 10.0 Å². The second-order valence-corrected chi connectivity index (χ2v) is 8.68. The lowest BCUT2D eigenvalue weighted by Crippen LogP contribution is -2.29. The minimum Gasteiger partial charge on any atom is -0.490 e. The first-order valence-corrected chi connectivity index (χ1v) is 10.7. The summed E-state index contributed by atoms with van der Waals surface area (Å²) in [5.74, 6) is 0.392. The highest BCUT2D eigenvalue weighted by Gasteiger charge is 2.23. The van der Waals surface area contributed by atoms with Gasteiger partial charge in [-0.3, -0.25) is 0 Å². The summed E-state index contributed by atoms with van der Waals surface area (Å²) in [6.07, 6.45) is 5.58. The third kappa shape index (κ3) is 7.30. The van der Waals surface area contributed by atoms with Crippen LogP contribution in [0.3, 0.4) is 0 Å². The zero-order valence-electron chi connectivity index (χ0n) is 14.8. The van der Waals surface area contributed by atoms with Gasteiger partial charge >= 0.3 is 0 Å². The molecule has 0 saturated heterocycles. The van der Waals surface area contributed by atoms with Gasteiger partial charge in [0.05, 0.1) is 12.4 Å². The summed E-state index contributed by atoms with van der Waals surface area (Å²) >= 11 is 0. The highest BCUT2D eigenvalue weighted by Crippen LogP contribution is 2.31. The van der Waals surface area contributed by atoms with Crippen molar-refractivity contribution in [1.29, 1.82) is 0 Å². The maximum Gasteiger partial charge on any atom is 0.212 e. The van der Waals surface area contributed by atoms with E-state index in [1.807, 2.05) is 0 Å². The van der Waals surface area contributed by atoms with Crippen LogP contribution in [0.4, 0.5) is 4.39 Å². The lowest BCUT2D eigenvalue weighted by atomic mass is 10.1. The van der Waals surface area contributed by atoms with E-state index in [1.165, 1.54) is 6.07 Å². The third-order valence-electron chi connectivity index (χ3n) is 4.35. The summed E-state index contributed by atoms with van der Waals surface area (Å²) in [5, 5.41) is 0. The Morgan fingerprint density at radius 2 is 2.00 bits per heavy atom. The van der Waals surface area contributed by atoms with Crippen molar-refractivity contribution in [2.24, 2.45) is 11.7 Å². The number of ether oxygens (including phenoxy) is 1. The van der Waals surface area contributed by atoms with E-state index in [0.717, 1.165) is 32.1 Å². The number of nitrogens with one attached hydrogen (secondary N) is 1. The van der Waals surface area contributed by atoms with Gasteiger partial charge in [0.2, 0.25) is 10.0 Å². The van der Waals surface area contributed by atoms with E-state index in [0.29, 0.717) is 31.1 Å². The summed E-state index contributed by atoms with van der Waals surface area (Å²) in [5.41, 5.74) is 6.12. The smallest absolute Gasteiger partial charge is 0.212 e. The van der Waals surface area contributed by atoms with Crippen LogP contribution in [0.5, 0.6) is 5.75 Å². The summed E-state index contributed by atoms with van der Waals surface area (Å²) < 4.78 is 46.4. The normalized spacial score (nSPS) is 16.0. The molecule has 2 rings (SSSR count). The molecule has 1 saturated carbocycles. The van der Waals surface area contributed by atoms with Gasteiger partial charge in [-0.15, -0.1) is 0 Å². The largest absolute Gasteiger partial charge is 0.490 e. The molecule has 1 aromatic carbocycles. The number of nitrogens with two attached hydrogens (primary N) is 1. The van der Waals surface area contributed by atoms with Crippen LogP contribution in [-0.4, -0.2) is 27.3 Å². The average Bonchev–Trinajstić information content (AvgIpc) is 3.37. The first-order chi connectivity index (χ1) is 11.9. The number of hydrogen-bond donors (Lipinski definition) is 2. The fourth-order valence-corrected chi connectivity index (χ4v) is 3.96. The van der Waals surface area contributed by atoms with Crippen molar-refractivity contribution >= 4 is 10.0 Å². The van der Waals surface area contributed by atoms with E-state index in [-0.39, 0.29) is 11.5 Å². The predicted octanol–water partition coefficient (Wildman–Crippen LogP) is 3.11. The lowest BCUT2D eigenvalue weighted by molar-refractivity contribution is 0.285. The fraction of sp³-hybridized carbons (Fsp3) is 0.667. The molecule has 0 amide bonds. The highest BCUT2D eigenvalue weighted by atomic mass is 32.2. The molecule has 1 unspecified atom stereocenters. The Hall–Kier alpha value is -1.18. The molecule has 7 heteroatoms. The van der Waals surface area contributed by atoms with Gasteiger partial charge in [-0.2, -0.15) is 0 Å². The lowest BCUT2D eigenvalue weighted by Gasteiger charge is -2.16. The Morgan fingerprint density at radius 3 is 2.68 bits per heavy atom. The zero-order chi connectivity index (χ0) is 18.3. The minimum absolute atomic E-state index is 0.0914. The van der Waals surface area contributed by atoms with Gasteiger partial charge in [0.1, 0.15) is 0 Å². The number of unbranched alkanes of at least 4 members (excludes halogenated alkanes) is 3. The second kappa shape index (κ2) is 9.50. The standard InChI is InChI=1S/C18H29FN2O3S/c1-14(21-25(22,23)11-5-3-2-4-10-20)16-8-9-17(19)18(12-16)24-13-15-6-7-15/h8-9,12,14-15,21H,2-7,10-11,13,20H2,1H3. The first kappa shape index (κ1) is 20.1. The molecule has 1 fully saturated rings. The van der Waals surface area contributed by atoms with Crippen molar-refractivity contribution in [3.63, 3.8) is 0 Å². The van der Waals surface area contributed by atoms with E-state index in [4.69, 9.17) is 10.5 Å². The molecule has 0 spiro atoms. The Bertz CT molecular complexity index is 648. The van der Waals surface area contributed by atoms with Gasteiger partial charge in [-0.25, -0.2) is 17.5 Å². The summed E-state index contributed by atoms with van der Waals surface area (Å²) in [6, 6.07) is 4.08. The van der Waals surface area contributed by atoms with Gasteiger partial charge in [0.15, 0.2) is 11.6 Å². The quantitative estimate of drug-likeness (QED) is 0.552. The molecule has 142 valence electrons. The van der Waals surface area contributed by atoms with E-state index in [2.05, 4.69) is 4.72 Å². The SMILES string of the molecule is CC(NS(=O)(=O)CCCCCCN)c1ccc(F)c(OCC2CC2)c1. The molecule has 0 aliphatic heterocycles. The molecule has 5 nitrogen and oxygen atoms in total. The Kier molecular flexibility index (Phi) is 7.65. The third-order valence-corrected chi connectivity index (χ3v) is 5.89. The first-order valence-electron chi connectivity index (χ1n) is 9.03. The monoisotopic (exact) mass is 372 g/mol. The molecule has 1 atom stereocenters. The molecular formula is C18H29FN2O3S. The Morgan fingerprint density at radius 1 is 1.28 bits per heavy atom. The summed E-state index contributed by atoms with van der Waals surface area (Å²) in [6.45, 7) is 2.91. The maximum atomic E-state index is 13.8. The number of halogens is 1. The predicted molar refractivity (Wildman–Crippen MR) is 97.5 cm³/mol. The molecule has 1 aromatic rings. The van der Waals surface area contributed by atoms with Gasteiger partial charge < -0.3 is 10.5 Å². The van der Waals surface area contributed by atoms with Crippen LogP contribution < -0.4 is 15.2 Å². The number of benzene rings is 1. The maximum absolute atomic E-state index is 13.8. The Labute approximate surface area is 150 Å². The molecule has 1 aliphatic carbocycles. The van der Waals surface area contributed by atoms with E-state index in [1.54, 1.807) is 19.1 Å². The Balaban J connectivity index is 1.87. The highest BCUT2D eigenvalue weighted by molar-refractivity contribution is 7.89. The molecular weight excluding hydrogens is 343 g/mol. The number of hydrogen-bond acceptors (Lipinski definition) is 4. The van der Waals surface area contributed by atoms with Crippen molar-refractivity contribution in [3.8, 4) is 5.75 Å². The van der Waals surface area contributed by atoms with Crippen LogP contribution >= 0.6 is 0 Å². The molecule has 0 radical (unpaired) electrons. The summed E-state index contributed by atoms with van der Waals surface area (Å²) in [4.78, 5) is 0. The van der Waals surface area contributed by atoms with Crippen molar-refractivity contribution in [3.05, 3.63) is 29.6 Å². The molecule has 3 N–H and O–H groups in total. The molecule has 0 bridgehead atoms. The van der Waals surface area contributed by atoms with E-state index in [9.17, 15) is 12.8 Å². The second-order valence-electron chi connectivity index (χ2n) is 6.81. The summed E-state index contributed by atoms with van der Waals surface area (Å²) in [7, 11) is -3.37. The van der Waals surface area contributed by atoms with Crippen molar-refractivity contribution < 1.29 is 17.5 Å². The zero-order valence-corrected chi connectivity index (χ0v) is 15.7.